The average molecular weight is 453 g/mol. The number of carbonyl (C=O) groups is 1. The number of aromatic nitrogens is 3. The maximum atomic E-state index is 13.3. The van der Waals surface area contributed by atoms with E-state index >= 15 is 0 Å². The van der Waals surface area contributed by atoms with Crippen molar-refractivity contribution in [2.24, 2.45) is 0 Å². The third-order valence-corrected chi connectivity index (χ3v) is 6.16. The number of hydrogen-bond acceptors (Lipinski definition) is 5. The first kappa shape index (κ1) is 20.8. The van der Waals surface area contributed by atoms with E-state index in [2.05, 4.69) is 28.4 Å². The summed E-state index contributed by atoms with van der Waals surface area (Å²) in [6, 6.07) is 22.3. The normalized spacial score (nSPS) is 11.0. The molecular weight excluding hydrogens is 432 g/mol. The Hall–Kier alpha value is -4.10. The highest BCUT2D eigenvalue weighted by Gasteiger charge is 2.19. The van der Waals surface area contributed by atoms with Gasteiger partial charge in [-0.1, -0.05) is 60.2 Å². The number of thiazole rings is 1. The minimum Gasteiger partial charge on any atom is -0.296 e. The van der Waals surface area contributed by atoms with E-state index in [1.54, 1.807) is 36.4 Å². The summed E-state index contributed by atoms with van der Waals surface area (Å²) in [5, 5.41) is 10.6. The molecule has 1 amide bonds. The van der Waals surface area contributed by atoms with Gasteiger partial charge in [-0.3, -0.25) is 14.9 Å². The van der Waals surface area contributed by atoms with Crippen molar-refractivity contribution in [3.8, 4) is 16.9 Å². The maximum absolute atomic E-state index is 13.3. The molecule has 0 aliphatic heterocycles. The Morgan fingerprint density at radius 2 is 1.67 bits per heavy atom. The predicted molar refractivity (Wildman–Crippen MR) is 132 cm³/mol. The number of hydrogen-bond donors (Lipinski definition) is 1. The molecule has 0 fully saturated rings. The summed E-state index contributed by atoms with van der Waals surface area (Å²) < 4.78 is 1.26. The van der Waals surface area contributed by atoms with Crippen LogP contribution in [0.25, 0.3) is 27.7 Å². The van der Waals surface area contributed by atoms with Crippen molar-refractivity contribution in [1.29, 1.82) is 0 Å². The minimum absolute atomic E-state index is 0.164. The smallest absolute Gasteiger partial charge is 0.279 e. The molecule has 3 aromatic carbocycles. The van der Waals surface area contributed by atoms with Crippen LogP contribution in [0.2, 0.25) is 0 Å². The van der Waals surface area contributed by atoms with Gasteiger partial charge in [0.15, 0.2) is 10.8 Å². The fraction of sp³-hybridized carbons (Fsp3) is 0.0769. The van der Waals surface area contributed by atoms with Gasteiger partial charge in [0.05, 0.1) is 16.8 Å². The third kappa shape index (κ3) is 3.94. The Kier molecular flexibility index (Phi) is 5.32. The number of carbonyl (C=O) groups excluding carboxylic acids is 1. The first-order valence-electron chi connectivity index (χ1n) is 10.4. The van der Waals surface area contributed by atoms with E-state index in [0.29, 0.717) is 21.6 Å². The molecule has 2 aromatic heterocycles. The highest BCUT2D eigenvalue weighted by Crippen LogP contribution is 2.28. The van der Waals surface area contributed by atoms with Gasteiger partial charge in [-0.05, 0) is 37.6 Å². The minimum atomic E-state index is -0.419. The number of amides is 1. The number of aryl methyl sites for hydroxylation is 2. The van der Waals surface area contributed by atoms with E-state index in [0.717, 1.165) is 16.8 Å². The molecule has 0 aliphatic carbocycles. The lowest BCUT2D eigenvalue weighted by atomic mass is 10.0. The van der Waals surface area contributed by atoms with Crippen LogP contribution in [0.3, 0.4) is 0 Å². The van der Waals surface area contributed by atoms with Gasteiger partial charge in [0.25, 0.3) is 11.5 Å². The molecule has 0 spiro atoms. The van der Waals surface area contributed by atoms with Gasteiger partial charge >= 0.3 is 0 Å². The zero-order valence-corrected chi connectivity index (χ0v) is 18.9. The Labute approximate surface area is 194 Å². The van der Waals surface area contributed by atoms with Gasteiger partial charge in [0, 0.05) is 16.3 Å². The number of anilines is 1. The van der Waals surface area contributed by atoms with Gasteiger partial charge < -0.3 is 0 Å². The van der Waals surface area contributed by atoms with E-state index in [9.17, 15) is 9.59 Å². The number of fused-ring (bicyclic) bond motifs is 1. The molecule has 2 heterocycles. The SMILES string of the molecule is Cc1ccc(-c2csc(NC(=O)c3nn(-c4ccccc4)c(=O)c4ccccc34)n2)c(C)c1. The summed E-state index contributed by atoms with van der Waals surface area (Å²) in [5.74, 6) is -0.419. The first-order chi connectivity index (χ1) is 16.0. The Bertz CT molecular complexity index is 1550. The van der Waals surface area contributed by atoms with Crippen LogP contribution in [0.15, 0.2) is 83.0 Å². The summed E-state index contributed by atoms with van der Waals surface area (Å²) in [5.41, 5.74) is 4.62. The molecule has 7 heteroatoms. The van der Waals surface area contributed by atoms with Gasteiger partial charge in [0.2, 0.25) is 0 Å². The van der Waals surface area contributed by atoms with Crippen LogP contribution in [0.1, 0.15) is 21.6 Å². The highest BCUT2D eigenvalue weighted by atomic mass is 32.1. The standard InChI is InChI=1S/C26H20N4O2S/c1-16-12-13-19(17(2)14-16)22-15-33-26(27-22)28-24(31)23-20-10-6-7-11-21(20)25(32)30(29-23)18-8-4-3-5-9-18/h3-15H,1-2H3,(H,27,28,31). The van der Waals surface area contributed by atoms with E-state index in [1.165, 1.54) is 21.6 Å². The van der Waals surface area contributed by atoms with Crippen LogP contribution < -0.4 is 10.9 Å². The molecule has 33 heavy (non-hydrogen) atoms. The van der Waals surface area contributed by atoms with Crippen molar-refractivity contribution in [3.05, 3.63) is 105 Å². The molecule has 5 aromatic rings. The second kappa shape index (κ2) is 8.44. The second-order valence-corrected chi connectivity index (χ2v) is 8.62. The van der Waals surface area contributed by atoms with Crippen molar-refractivity contribution in [2.45, 2.75) is 13.8 Å². The molecular formula is C26H20N4O2S. The molecule has 6 nitrogen and oxygen atoms in total. The van der Waals surface area contributed by atoms with E-state index in [-0.39, 0.29) is 11.3 Å². The molecule has 5 rings (SSSR count). The first-order valence-corrected chi connectivity index (χ1v) is 11.3. The average Bonchev–Trinajstić information content (AvgIpc) is 3.28. The zero-order valence-electron chi connectivity index (χ0n) is 18.1. The van der Waals surface area contributed by atoms with Crippen molar-refractivity contribution < 1.29 is 4.79 Å². The van der Waals surface area contributed by atoms with Crippen LogP contribution in [-0.4, -0.2) is 20.7 Å². The summed E-state index contributed by atoms with van der Waals surface area (Å²) in [6.07, 6.45) is 0. The van der Waals surface area contributed by atoms with Gasteiger partial charge in [-0.25, -0.2) is 4.98 Å². The molecule has 0 radical (unpaired) electrons. The number of nitrogens with one attached hydrogen (secondary N) is 1. The molecule has 1 N–H and O–H groups in total. The van der Waals surface area contributed by atoms with Crippen LogP contribution in [0.5, 0.6) is 0 Å². The summed E-state index contributed by atoms with van der Waals surface area (Å²) in [7, 11) is 0. The molecule has 0 bridgehead atoms. The summed E-state index contributed by atoms with van der Waals surface area (Å²) >= 11 is 1.35. The number of nitrogens with zero attached hydrogens (tertiary/aromatic N) is 3. The van der Waals surface area contributed by atoms with Gasteiger partial charge in [0.1, 0.15) is 0 Å². The van der Waals surface area contributed by atoms with E-state index in [4.69, 9.17) is 0 Å². The van der Waals surface area contributed by atoms with Crippen molar-refractivity contribution in [3.63, 3.8) is 0 Å². The van der Waals surface area contributed by atoms with E-state index < -0.39 is 5.91 Å². The molecule has 162 valence electrons. The number of rotatable bonds is 4. The van der Waals surface area contributed by atoms with Crippen LogP contribution in [0.4, 0.5) is 5.13 Å². The Balaban J connectivity index is 1.54. The van der Waals surface area contributed by atoms with Crippen LogP contribution in [-0.2, 0) is 0 Å². The molecule has 0 unspecified atom stereocenters. The van der Waals surface area contributed by atoms with Crippen LogP contribution in [0, 0.1) is 13.8 Å². The fourth-order valence-corrected chi connectivity index (χ4v) is 4.52. The van der Waals surface area contributed by atoms with Crippen molar-refractivity contribution in [1.82, 2.24) is 14.8 Å². The monoisotopic (exact) mass is 452 g/mol. The third-order valence-electron chi connectivity index (χ3n) is 5.40. The lowest BCUT2D eigenvalue weighted by Crippen LogP contribution is -2.26. The maximum Gasteiger partial charge on any atom is 0.279 e. The summed E-state index contributed by atoms with van der Waals surface area (Å²) in [6.45, 7) is 4.10. The van der Waals surface area contributed by atoms with Gasteiger partial charge in [-0.15, -0.1) is 11.3 Å². The summed E-state index contributed by atoms with van der Waals surface area (Å²) in [4.78, 5) is 30.9. The van der Waals surface area contributed by atoms with Crippen molar-refractivity contribution >= 4 is 33.1 Å². The number of benzene rings is 3. The fourth-order valence-electron chi connectivity index (χ4n) is 3.81. The topological polar surface area (TPSA) is 76.9 Å². The van der Waals surface area contributed by atoms with Crippen LogP contribution >= 0.6 is 11.3 Å². The lowest BCUT2D eigenvalue weighted by Gasteiger charge is -2.10. The highest BCUT2D eigenvalue weighted by molar-refractivity contribution is 7.14. The molecule has 0 atom stereocenters. The second-order valence-electron chi connectivity index (χ2n) is 7.76. The molecule has 0 saturated heterocycles. The molecule has 0 saturated carbocycles. The zero-order chi connectivity index (χ0) is 22.9. The largest absolute Gasteiger partial charge is 0.296 e. The quantitative estimate of drug-likeness (QED) is 0.397. The Morgan fingerprint density at radius 3 is 2.42 bits per heavy atom. The Morgan fingerprint density at radius 1 is 0.939 bits per heavy atom. The molecule has 0 aliphatic rings. The van der Waals surface area contributed by atoms with Crippen molar-refractivity contribution in [2.75, 3.05) is 5.32 Å². The lowest BCUT2D eigenvalue weighted by molar-refractivity contribution is 0.102. The van der Waals surface area contributed by atoms with E-state index in [1.807, 2.05) is 42.6 Å². The van der Waals surface area contributed by atoms with Gasteiger partial charge in [-0.2, -0.15) is 9.78 Å². The number of para-hydroxylation sites is 1. The predicted octanol–water partition coefficient (Wildman–Crippen LogP) is 5.38.